The highest BCUT2D eigenvalue weighted by Crippen LogP contribution is 2.17. The van der Waals surface area contributed by atoms with Crippen LogP contribution in [0, 0.1) is 0 Å². The smallest absolute Gasteiger partial charge is 0.240 e. The fourth-order valence-electron chi connectivity index (χ4n) is 2.06. The van der Waals surface area contributed by atoms with Gasteiger partial charge in [-0.3, -0.25) is 4.98 Å². The molecule has 2 aromatic heterocycles. The maximum atomic E-state index is 5.24. The van der Waals surface area contributed by atoms with E-state index in [0.29, 0.717) is 24.3 Å². The second-order valence-electron chi connectivity index (χ2n) is 4.52. The average molecular weight is 276 g/mol. The molecular weight excluding hydrogens is 260 g/mol. The Balaban J connectivity index is 1.59. The molecule has 1 saturated heterocycles. The molecule has 0 radical (unpaired) electrons. The van der Waals surface area contributed by atoms with Crippen molar-refractivity contribution in [1.29, 1.82) is 0 Å². The van der Waals surface area contributed by atoms with Crippen LogP contribution < -0.4 is 5.32 Å². The van der Waals surface area contributed by atoms with Gasteiger partial charge >= 0.3 is 0 Å². The molecule has 3 heterocycles. The second-order valence-corrected chi connectivity index (χ2v) is 5.67. The molecule has 1 aliphatic heterocycles. The Bertz CT molecular complexity index is 510. The Labute approximate surface area is 116 Å². The minimum Gasteiger partial charge on any atom is -0.337 e. The molecule has 5 nitrogen and oxygen atoms in total. The lowest BCUT2D eigenvalue weighted by Crippen LogP contribution is -2.33. The Kier molecular flexibility index (Phi) is 4.10. The van der Waals surface area contributed by atoms with Gasteiger partial charge in [0, 0.05) is 18.0 Å². The van der Waals surface area contributed by atoms with Crippen LogP contribution in [0.2, 0.25) is 0 Å². The molecule has 100 valence electrons. The average Bonchev–Trinajstić information content (AvgIpc) is 2.96. The number of rotatable bonds is 4. The van der Waals surface area contributed by atoms with E-state index in [-0.39, 0.29) is 0 Å². The lowest BCUT2D eigenvalue weighted by atomic mass is 10.2. The van der Waals surface area contributed by atoms with Crippen molar-refractivity contribution in [2.75, 3.05) is 11.5 Å². The first-order valence-corrected chi connectivity index (χ1v) is 7.62. The van der Waals surface area contributed by atoms with Crippen molar-refractivity contribution in [2.45, 2.75) is 25.4 Å². The fraction of sp³-hybridized carbons (Fsp3) is 0.462. The van der Waals surface area contributed by atoms with Crippen molar-refractivity contribution in [2.24, 2.45) is 0 Å². The summed E-state index contributed by atoms with van der Waals surface area (Å²) in [5.41, 5.74) is 0.741. The maximum absolute atomic E-state index is 5.24. The maximum Gasteiger partial charge on any atom is 0.240 e. The molecule has 2 aromatic rings. The van der Waals surface area contributed by atoms with Crippen LogP contribution >= 0.6 is 11.8 Å². The third kappa shape index (κ3) is 3.33. The molecule has 0 amide bonds. The Hall–Kier alpha value is -1.40. The molecule has 0 unspecified atom stereocenters. The molecule has 0 saturated carbocycles. The predicted molar refractivity (Wildman–Crippen MR) is 74.7 cm³/mol. The van der Waals surface area contributed by atoms with Crippen molar-refractivity contribution in [3.05, 3.63) is 30.3 Å². The van der Waals surface area contributed by atoms with Gasteiger partial charge in [0.05, 0.1) is 6.54 Å². The SMILES string of the molecule is c1ccc(-c2noc(CN[C@@H]3CCCSC3)n2)nc1. The zero-order valence-corrected chi connectivity index (χ0v) is 11.4. The number of thioether (sulfide) groups is 1. The van der Waals surface area contributed by atoms with Crippen molar-refractivity contribution in [1.82, 2.24) is 20.4 Å². The number of hydrogen-bond donors (Lipinski definition) is 1. The van der Waals surface area contributed by atoms with E-state index in [1.807, 2.05) is 30.0 Å². The Morgan fingerprint density at radius 3 is 3.21 bits per heavy atom. The van der Waals surface area contributed by atoms with E-state index < -0.39 is 0 Å². The van der Waals surface area contributed by atoms with E-state index >= 15 is 0 Å². The first-order chi connectivity index (χ1) is 9.42. The zero-order chi connectivity index (χ0) is 12.9. The summed E-state index contributed by atoms with van der Waals surface area (Å²) in [5, 5.41) is 7.42. The van der Waals surface area contributed by atoms with Gasteiger partial charge in [0.25, 0.3) is 0 Å². The minimum atomic E-state index is 0.551. The Morgan fingerprint density at radius 1 is 1.42 bits per heavy atom. The van der Waals surface area contributed by atoms with Crippen LogP contribution in [0.3, 0.4) is 0 Å². The molecule has 0 aliphatic carbocycles. The van der Waals surface area contributed by atoms with Crippen LogP contribution in [0.15, 0.2) is 28.9 Å². The molecule has 0 bridgehead atoms. The van der Waals surface area contributed by atoms with E-state index in [1.54, 1.807) is 6.20 Å². The lowest BCUT2D eigenvalue weighted by molar-refractivity contribution is 0.356. The highest BCUT2D eigenvalue weighted by atomic mass is 32.2. The molecule has 3 rings (SSSR count). The quantitative estimate of drug-likeness (QED) is 0.923. The van der Waals surface area contributed by atoms with Crippen LogP contribution in [0.4, 0.5) is 0 Å². The summed E-state index contributed by atoms with van der Waals surface area (Å²) in [6, 6.07) is 6.21. The first kappa shape index (κ1) is 12.6. The van der Waals surface area contributed by atoms with Crippen molar-refractivity contribution < 1.29 is 4.52 Å². The summed E-state index contributed by atoms with van der Waals surface area (Å²) in [6.45, 7) is 0.630. The van der Waals surface area contributed by atoms with Crippen LogP contribution in [-0.4, -0.2) is 32.7 Å². The van der Waals surface area contributed by atoms with Crippen molar-refractivity contribution >= 4 is 11.8 Å². The van der Waals surface area contributed by atoms with Gasteiger partial charge in [-0.2, -0.15) is 16.7 Å². The second kappa shape index (κ2) is 6.16. The standard InChI is InChI=1S/C13H16N4OS/c1-2-6-14-11(5-1)13-16-12(18-17-13)8-15-10-4-3-7-19-9-10/h1-2,5-6,10,15H,3-4,7-9H2/t10-/m1/s1. The monoisotopic (exact) mass is 276 g/mol. The fourth-order valence-corrected chi connectivity index (χ4v) is 3.17. The van der Waals surface area contributed by atoms with E-state index in [1.165, 1.54) is 24.3 Å². The molecule has 1 atom stereocenters. The molecule has 0 aromatic carbocycles. The van der Waals surface area contributed by atoms with E-state index in [2.05, 4.69) is 20.4 Å². The molecule has 19 heavy (non-hydrogen) atoms. The largest absolute Gasteiger partial charge is 0.337 e. The van der Waals surface area contributed by atoms with Crippen LogP contribution in [0.25, 0.3) is 11.5 Å². The normalized spacial score (nSPS) is 19.5. The highest BCUT2D eigenvalue weighted by molar-refractivity contribution is 7.99. The number of nitrogens with zero attached hydrogens (tertiary/aromatic N) is 3. The topological polar surface area (TPSA) is 63.8 Å². The van der Waals surface area contributed by atoms with Crippen molar-refractivity contribution in [3.8, 4) is 11.5 Å². The summed E-state index contributed by atoms with van der Waals surface area (Å²) in [5.74, 6) is 3.62. The molecular formula is C13H16N4OS. The van der Waals surface area contributed by atoms with Gasteiger partial charge in [-0.05, 0) is 30.7 Å². The number of nitrogens with one attached hydrogen (secondary N) is 1. The molecule has 1 fully saturated rings. The molecule has 0 spiro atoms. The van der Waals surface area contributed by atoms with Gasteiger partial charge in [-0.25, -0.2) is 0 Å². The summed E-state index contributed by atoms with van der Waals surface area (Å²) >= 11 is 2.00. The van der Waals surface area contributed by atoms with E-state index in [4.69, 9.17) is 4.52 Å². The summed E-state index contributed by atoms with van der Waals surface area (Å²) in [7, 11) is 0. The Morgan fingerprint density at radius 2 is 2.42 bits per heavy atom. The van der Waals surface area contributed by atoms with Crippen LogP contribution in [0.5, 0.6) is 0 Å². The minimum absolute atomic E-state index is 0.551. The first-order valence-electron chi connectivity index (χ1n) is 6.47. The van der Waals surface area contributed by atoms with Gasteiger partial charge < -0.3 is 9.84 Å². The van der Waals surface area contributed by atoms with Crippen LogP contribution in [-0.2, 0) is 6.54 Å². The third-order valence-corrected chi connectivity index (χ3v) is 4.28. The number of pyridine rings is 1. The third-order valence-electron chi connectivity index (χ3n) is 3.06. The van der Waals surface area contributed by atoms with Gasteiger partial charge in [0.15, 0.2) is 0 Å². The molecule has 1 N–H and O–H groups in total. The predicted octanol–water partition coefficient (Wildman–Crippen LogP) is 2.12. The lowest BCUT2D eigenvalue weighted by Gasteiger charge is -2.21. The summed E-state index contributed by atoms with van der Waals surface area (Å²) in [6.07, 6.45) is 4.24. The van der Waals surface area contributed by atoms with Gasteiger partial charge in [0.1, 0.15) is 5.69 Å². The molecule has 1 aliphatic rings. The van der Waals surface area contributed by atoms with Gasteiger partial charge in [-0.1, -0.05) is 11.2 Å². The summed E-state index contributed by atoms with van der Waals surface area (Å²) in [4.78, 5) is 8.56. The number of aromatic nitrogens is 3. The molecule has 6 heteroatoms. The zero-order valence-electron chi connectivity index (χ0n) is 10.6. The van der Waals surface area contributed by atoms with Gasteiger partial charge in [0.2, 0.25) is 11.7 Å². The van der Waals surface area contributed by atoms with E-state index in [9.17, 15) is 0 Å². The van der Waals surface area contributed by atoms with Crippen LogP contribution in [0.1, 0.15) is 18.7 Å². The van der Waals surface area contributed by atoms with Crippen molar-refractivity contribution in [3.63, 3.8) is 0 Å². The van der Waals surface area contributed by atoms with E-state index in [0.717, 1.165) is 5.69 Å². The summed E-state index contributed by atoms with van der Waals surface area (Å²) < 4.78 is 5.24. The number of hydrogen-bond acceptors (Lipinski definition) is 6. The highest BCUT2D eigenvalue weighted by Gasteiger charge is 2.15. The van der Waals surface area contributed by atoms with Gasteiger partial charge in [-0.15, -0.1) is 0 Å².